The fourth-order valence-electron chi connectivity index (χ4n) is 1.48. The SMILES string of the molecule is CCCCCC(C)NS(=O)(=O)N(C)CCC(=O)O. The normalized spacial score (nSPS) is 13.8. The van der Waals surface area contributed by atoms with E-state index in [1.165, 1.54) is 7.05 Å². The Kier molecular flexibility index (Phi) is 8.13. The molecule has 0 aromatic heterocycles. The van der Waals surface area contributed by atoms with Crippen LogP contribution in [-0.4, -0.2) is 43.4 Å². The molecule has 0 aliphatic heterocycles. The zero-order valence-corrected chi connectivity index (χ0v) is 12.2. The lowest BCUT2D eigenvalue weighted by atomic mass is 10.1. The van der Waals surface area contributed by atoms with Crippen molar-refractivity contribution in [2.24, 2.45) is 0 Å². The number of carboxylic acid groups (broad SMARTS) is 1. The Bertz CT molecular complexity index is 343. The summed E-state index contributed by atoms with van der Waals surface area (Å²) in [6, 6.07) is -0.131. The van der Waals surface area contributed by atoms with Gasteiger partial charge in [0.1, 0.15) is 0 Å². The van der Waals surface area contributed by atoms with Crippen molar-refractivity contribution in [3.05, 3.63) is 0 Å². The molecule has 108 valence electrons. The number of hydrogen-bond acceptors (Lipinski definition) is 3. The van der Waals surface area contributed by atoms with E-state index >= 15 is 0 Å². The van der Waals surface area contributed by atoms with Crippen molar-refractivity contribution in [1.29, 1.82) is 0 Å². The summed E-state index contributed by atoms with van der Waals surface area (Å²) in [7, 11) is -2.19. The monoisotopic (exact) mass is 280 g/mol. The lowest BCUT2D eigenvalue weighted by Crippen LogP contribution is -2.43. The standard InChI is InChI=1S/C11H24N2O4S/c1-4-5-6-7-10(2)12-18(16,17)13(3)9-8-11(14)15/h10,12H,4-9H2,1-3H3,(H,14,15). The average Bonchev–Trinajstić information content (AvgIpc) is 2.25. The predicted molar refractivity (Wildman–Crippen MR) is 70.5 cm³/mol. The highest BCUT2D eigenvalue weighted by Crippen LogP contribution is 2.05. The van der Waals surface area contributed by atoms with E-state index in [2.05, 4.69) is 11.6 Å². The molecule has 0 fully saturated rings. The highest BCUT2D eigenvalue weighted by molar-refractivity contribution is 7.87. The van der Waals surface area contributed by atoms with Crippen LogP contribution >= 0.6 is 0 Å². The maximum atomic E-state index is 11.8. The summed E-state index contributed by atoms with van der Waals surface area (Å²) < 4.78 is 27.2. The van der Waals surface area contributed by atoms with Crippen LogP contribution in [0, 0.1) is 0 Å². The Hall–Kier alpha value is -0.660. The van der Waals surface area contributed by atoms with Crippen LogP contribution in [0.25, 0.3) is 0 Å². The number of rotatable bonds is 10. The van der Waals surface area contributed by atoms with Crippen molar-refractivity contribution >= 4 is 16.2 Å². The number of carboxylic acids is 1. The second kappa shape index (κ2) is 8.44. The summed E-state index contributed by atoms with van der Waals surface area (Å²) in [5, 5.41) is 8.51. The minimum Gasteiger partial charge on any atom is -0.481 e. The van der Waals surface area contributed by atoms with E-state index < -0.39 is 16.2 Å². The van der Waals surface area contributed by atoms with Gasteiger partial charge in [-0.1, -0.05) is 26.2 Å². The van der Waals surface area contributed by atoms with E-state index in [0.717, 1.165) is 30.0 Å². The molecule has 0 radical (unpaired) electrons. The molecule has 1 atom stereocenters. The van der Waals surface area contributed by atoms with E-state index in [1.807, 2.05) is 6.92 Å². The molecule has 0 saturated carbocycles. The quantitative estimate of drug-likeness (QED) is 0.589. The lowest BCUT2D eigenvalue weighted by Gasteiger charge is -2.20. The summed E-state index contributed by atoms with van der Waals surface area (Å²) in [4.78, 5) is 10.4. The van der Waals surface area contributed by atoms with Gasteiger partial charge >= 0.3 is 5.97 Å². The Morgan fingerprint density at radius 2 is 2.00 bits per heavy atom. The molecule has 1 unspecified atom stereocenters. The molecule has 0 aromatic rings. The topological polar surface area (TPSA) is 86.7 Å². The predicted octanol–water partition coefficient (Wildman–Crippen LogP) is 1.20. The van der Waals surface area contributed by atoms with Crippen molar-refractivity contribution in [2.45, 2.75) is 52.0 Å². The Labute approximate surface area is 110 Å². The van der Waals surface area contributed by atoms with Crippen molar-refractivity contribution in [1.82, 2.24) is 9.03 Å². The summed E-state index contributed by atoms with van der Waals surface area (Å²) >= 11 is 0. The van der Waals surface area contributed by atoms with E-state index in [4.69, 9.17) is 5.11 Å². The maximum absolute atomic E-state index is 11.8. The summed E-state index contributed by atoms with van der Waals surface area (Å²) in [6.07, 6.45) is 3.76. The van der Waals surface area contributed by atoms with Crippen molar-refractivity contribution in [3.63, 3.8) is 0 Å². The highest BCUT2D eigenvalue weighted by Gasteiger charge is 2.20. The first-order valence-electron chi connectivity index (χ1n) is 6.25. The van der Waals surface area contributed by atoms with Gasteiger partial charge in [0.2, 0.25) is 0 Å². The number of nitrogens with zero attached hydrogens (tertiary/aromatic N) is 1. The minimum absolute atomic E-state index is 0.0215. The Morgan fingerprint density at radius 3 is 2.50 bits per heavy atom. The molecule has 0 aliphatic carbocycles. The summed E-state index contributed by atoms with van der Waals surface area (Å²) in [6.45, 7) is 3.89. The molecular formula is C11H24N2O4S. The van der Waals surface area contributed by atoms with Crippen molar-refractivity contribution in [2.75, 3.05) is 13.6 Å². The largest absolute Gasteiger partial charge is 0.481 e. The van der Waals surface area contributed by atoms with Crippen LogP contribution in [0.4, 0.5) is 0 Å². The third-order valence-corrected chi connectivity index (χ3v) is 4.35. The Morgan fingerprint density at radius 1 is 1.39 bits per heavy atom. The molecule has 18 heavy (non-hydrogen) atoms. The molecule has 0 aromatic carbocycles. The molecule has 6 nitrogen and oxygen atoms in total. The molecule has 0 bridgehead atoms. The van der Waals surface area contributed by atoms with Gasteiger partial charge < -0.3 is 5.11 Å². The molecule has 0 aliphatic rings. The maximum Gasteiger partial charge on any atom is 0.304 e. The number of nitrogens with one attached hydrogen (secondary N) is 1. The molecule has 0 spiro atoms. The van der Waals surface area contributed by atoms with Gasteiger partial charge in [-0.15, -0.1) is 0 Å². The molecule has 0 amide bonds. The van der Waals surface area contributed by atoms with E-state index in [0.29, 0.717) is 0 Å². The van der Waals surface area contributed by atoms with Crippen molar-refractivity contribution < 1.29 is 18.3 Å². The van der Waals surface area contributed by atoms with Gasteiger partial charge in [-0.25, -0.2) is 0 Å². The van der Waals surface area contributed by atoms with E-state index in [1.54, 1.807) is 0 Å². The van der Waals surface area contributed by atoms with Gasteiger partial charge in [0.15, 0.2) is 0 Å². The van der Waals surface area contributed by atoms with E-state index in [9.17, 15) is 13.2 Å². The van der Waals surface area contributed by atoms with Crippen LogP contribution in [-0.2, 0) is 15.0 Å². The summed E-state index contributed by atoms with van der Waals surface area (Å²) in [5.41, 5.74) is 0. The smallest absolute Gasteiger partial charge is 0.304 e. The molecule has 0 rings (SSSR count). The van der Waals surface area contributed by atoms with Crippen LogP contribution in [0.5, 0.6) is 0 Å². The number of unbranched alkanes of at least 4 members (excludes halogenated alkanes) is 2. The average molecular weight is 280 g/mol. The van der Waals surface area contributed by atoms with Crippen molar-refractivity contribution in [3.8, 4) is 0 Å². The molecular weight excluding hydrogens is 256 g/mol. The second-order valence-corrected chi connectivity index (χ2v) is 6.29. The zero-order valence-electron chi connectivity index (χ0n) is 11.3. The van der Waals surface area contributed by atoms with Crippen LogP contribution < -0.4 is 4.72 Å². The van der Waals surface area contributed by atoms with Gasteiger partial charge in [0, 0.05) is 19.6 Å². The molecule has 2 N–H and O–H groups in total. The van der Waals surface area contributed by atoms with Gasteiger partial charge in [-0.2, -0.15) is 17.4 Å². The second-order valence-electron chi connectivity index (χ2n) is 4.48. The molecule has 0 saturated heterocycles. The first-order chi connectivity index (χ1) is 8.29. The number of hydrogen-bond donors (Lipinski definition) is 2. The van der Waals surface area contributed by atoms with Crippen LogP contribution in [0.3, 0.4) is 0 Å². The van der Waals surface area contributed by atoms with Crippen LogP contribution in [0.15, 0.2) is 0 Å². The summed E-state index contributed by atoms with van der Waals surface area (Å²) in [5.74, 6) is -1.01. The van der Waals surface area contributed by atoms with Gasteiger partial charge in [-0.3, -0.25) is 4.79 Å². The third-order valence-electron chi connectivity index (χ3n) is 2.64. The minimum atomic E-state index is -3.57. The lowest BCUT2D eigenvalue weighted by molar-refractivity contribution is -0.137. The number of aliphatic carboxylic acids is 1. The fraction of sp³-hybridized carbons (Fsp3) is 0.909. The first-order valence-corrected chi connectivity index (χ1v) is 7.69. The first kappa shape index (κ1) is 17.3. The van der Waals surface area contributed by atoms with E-state index in [-0.39, 0.29) is 19.0 Å². The molecule has 7 heteroatoms. The highest BCUT2D eigenvalue weighted by atomic mass is 32.2. The van der Waals surface area contributed by atoms with Crippen LogP contribution in [0.1, 0.15) is 46.0 Å². The van der Waals surface area contributed by atoms with Gasteiger partial charge in [0.05, 0.1) is 6.42 Å². The van der Waals surface area contributed by atoms with Gasteiger partial charge in [0.25, 0.3) is 10.2 Å². The molecule has 0 heterocycles. The zero-order chi connectivity index (χ0) is 14.2. The third kappa shape index (κ3) is 7.62. The number of carbonyl (C=O) groups is 1. The van der Waals surface area contributed by atoms with Crippen LogP contribution in [0.2, 0.25) is 0 Å². The fourth-order valence-corrected chi connectivity index (χ4v) is 2.61. The Balaban J connectivity index is 4.15. The van der Waals surface area contributed by atoms with Gasteiger partial charge in [-0.05, 0) is 13.3 Å².